The summed E-state index contributed by atoms with van der Waals surface area (Å²) in [4.78, 5) is 16.6. The maximum absolute atomic E-state index is 12.2. The second-order valence-electron chi connectivity index (χ2n) is 4.79. The first-order valence-electron chi connectivity index (χ1n) is 6.72. The summed E-state index contributed by atoms with van der Waals surface area (Å²) < 4.78 is 0. The van der Waals surface area contributed by atoms with E-state index in [0.29, 0.717) is 11.6 Å². The van der Waals surface area contributed by atoms with Crippen molar-refractivity contribution < 1.29 is 4.79 Å². The van der Waals surface area contributed by atoms with Gasteiger partial charge in [-0.15, -0.1) is 0 Å². The molecule has 4 heteroatoms. The normalized spacial score (nSPS) is 15.7. The van der Waals surface area contributed by atoms with Crippen LogP contribution in [-0.4, -0.2) is 24.0 Å². The van der Waals surface area contributed by atoms with Crippen molar-refractivity contribution in [2.24, 2.45) is 0 Å². The molecular weight excluding hydrogens is 226 g/mol. The Morgan fingerprint density at radius 3 is 2.72 bits per heavy atom. The molecule has 1 heterocycles. The quantitative estimate of drug-likeness (QED) is 0.858. The molecule has 1 aromatic heterocycles. The smallest absolute Gasteiger partial charge is 0.251 e. The minimum Gasteiger partial charge on any atom is -0.373 e. The molecule has 0 aliphatic heterocycles. The molecule has 1 saturated carbocycles. The third-order valence-electron chi connectivity index (χ3n) is 3.45. The summed E-state index contributed by atoms with van der Waals surface area (Å²) in [6.07, 6.45) is 5.50. The van der Waals surface area contributed by atoms with Crippen LogP contribution in [0.4, 0.5) is 5.82 Å². The monoisotopic (exact) mass is 247 g/mol. The number of carbonyl (C=O) groups excluding carboxylic acids is 1. The number of amides is 1. The lowest BCUT2D eigenvalue weighted by molar-refractivity contribution is 0.0937. The first-order chi connectivity index (χ1) is 8.72. The first-order valence-corrected chi connectivity index (χ1v) is 6.72. The molecule has 1 fully saturated rings. The molecule has 0 atom stereocenters. The van der Waals surface area contributed by atoms with Gasteiger partial charge >= 0.3 is 0 Å². The van der Waals surface area contributed by atoms with Gasteiger partial charge in [-0.2, -0.15) is 0 Å². The lowest BCUT2D eigenvalue weighted by Gasteiger charge is -2.13. The average molecular weight is 247 g/mol. The number of hydrogen-bond acceptors (Lipinski definition) is 3. The molecule has 1 aliphatic rings. The maximum Gasteiger partial charge on any atom is 0.251 e. The van der Waals surface area contributed by atoms with Crippen LogP contribution in [0.2, 0.25) is 0 Å². The van der Waals surface area contributed by atoms with Crippen molar-refractivity contribution in [3.05, 3.63) is 23.4 Å². The molecule has 4 nitrogen and oxygen atoms in total. The highest BCUT2D eigenvalue weighted by Crippen LogP contribution is 2.18. The lowest BCUT2D eigenvalue weighted by Crippen LogP contribution is -2.32. The van der Waals surface area contributed by atoms with E-state index in [1.807, 2.05) is 26.1 Å². The fraction of sp³-hybridized carbons (Fsp3) is 0.571. The average Bonchev–Trinajstić information content (AvgIpc) is 2.90. The van der Waals surface area contributed by atoms with E-state index in [2.05, 4.69) is 15.6 Å². The van der Waals surface area contributed by atoms with Crippen LogP contribution in [0, 0.1) is 0 Å². The summed E-state index contributed by atoms with van der Waals surface area (Å²) in [5.41, 5.74) is 1.65. The van der Waals surface area contributed by atoms with Gasteiger partial charge in [-0.1, -0.05) is 19.8 Å². The molecule has 0 aromatic carbocycles. The lowest BCUT2D eigenvalue weighted by atomic mass is 10.1. The number of pyridine rings is 1. The highest BCUT2D eigenvalue weighted by atomic mass is 16.1. The Labute approximate surface area is 108 Å². The van der Waals surface area contributed by atoms with Gasteiger partial charge in [0.1, 0.15) is 5.82 Å². The Kier molecular flexibility index (Phi) is 4.18. The van der Waals surface area contributed by atoms with Crippen LogP contribution in [0.5, 0.6) is 0 Å². The van der Waals surface area contributed by atoms with E-state index in [9.17, 15) is 4.79 Å². The first kappa shape index (κ1) is 12.9. The molecule has 0 saturated heterocycles. The highest BCUT2D eigenvalue weighted by Gasteiger charge is 2.18. The molecule has 2 N–H and O–H groups in total. The van der Waals surface area contributed by atoms with Crippen molar-refractivity contribution in [1.29, 1.82) is 0 Å². The third kappa shape index (κ3) is 3.00. The van der Waals surface area contributed by atoms with E-state index < -0.39 is 0 Å². The summed E-state index contributed by atoms with van der Waals surface area (Å²) in [6, 6.07) is 4.04. The van der Waals surface area contributed by atoms with Gasteiger partial charge in [0.15, 0.2) is 0 Å². The zero-order valence-electron chi connectivity index (χ0n) is 11.1. The Bertz CT molecular complexity index is 403. The van der Waals surface area contributed by atoms with Gasteiger partial charge in [0.2, 0.25) is 0 Å². The Morgan fingerprint density at radius 1 is 1.39 bits per heavy atom. The number of nitrogens with zero attached hydrogens (tertiary/aromatic N) is 1. The number of nitrogens with one attached hydrogen (secondary N) is 2. The van der Waals surface area contributed by atoms with Crippen LogP contribution in [-0.2, 0) is 6.42 Å². The van der Waals surface area contributed by atoms with Crippen molar-refractivity contribution in [2.45, 2.75) is 45.1 Å². The van der Waals surface area contributed by atoms with Gasteiger partial charge in [-0.25, -0.2) is 4.98 Å². The molecule has 2 rings (SSSR count). The number of hydrogen-bond donors (Lipinski definition) is 2. The van der Waals surface area contributed by atoms with Gasteiger partial charge in [0, 0.05) is 24.3 Å². The minimum atomic E-state index is 0.0236. The molecule has 0 unspecified atom stereocenters. The second kappa shape index (κ2) is 5.85. The maximum atomic E-state index is 12.2. The summed E-state index contributed by atoms with van der Waals surface area (Å²) in [5, 5.41) is 6.10. The largest absolute Gasteiger partial charge is 0.373 e. The topological polar surface area (TPSA) is 54.0 Å². The standard InChI is InChI=1S/C14H21N3O/c1-3-11-8-10(9-13(15-2)16-11)14(18)17-12-6-4-5-7-12/h8-9,12H,3-7H2,1-2H3,(H,15,16)(H,17,18). The van der Waals surface area contributed by atoms with Crippen molar-refractivity contribution in [2.75, 3.05) is 12.4 Å². The number of aryl methyl sites for hydroxylation is 1. The molecule has 1 amide bonds. The second-order valence-corrected chi connectivity index (χ2v) is 4.79. The SMILES string of the molecule is CCc1cc(C(=O)NC2CCCC2)cc(NC)n1. The van der Waals surface area contributed by atoms with Crippen molar-refractivity contribution in [1.82, 2.24) is 10.3 Å². The molecule has 1 aliphatic carbocycles. The minimum absolute atomic E-state index is 0.0236. The number of anilines is 1. The van der Waals surface area contributed by atoms with E-state index in [4.69, 9.17) is 0 Å². The molecule has 98 valence electrons. The van der Waals surface area contributed by atoms with Crippen molar-refractivity contribution in [3.8, 4) is 0 Å². The Balaban J connectivity index is 2.12. The fourth-order valence-electron chi connectivity index (χ4n) is 2.37. The van der Waals surface area contributed by atoms with Gasteiger partial charge < -0.3 is 10.6 Å². The summed E-state index contributed by atoms with van der Waals surface area (Å²) in [5.74, 6) is 0.779. The Morgan fingerprint density at radius 2 is 2.11 bits per heavy atom. The zero-order valence-corrected chi connectivity index (χ0v) is 11.1. The molecule has 0 radical (unpaired) electrons. The van der Waals surface area contributed by atoms with Gasteiger partial charge in [0.05, 0.1) is 0 Å². The van der Waals surface area contributed by atoms with Gasteiger partial charge in [0.25, 0.3) is 5.91 Å². The van der Waals surface area contributed by atoms with Crippen molar-refractivity contribution in [3.63, 3.8) is 0 Å². The molecule has 0 bridgehead atoms. The Hall–Kier alpha value is -1.58. The molecule has 18 heavy (non-hydrogen) atoms. The predicted molar refractivity (Wildman–Crippen MR) is 72.9 cm³/mol. The summed E-state index contributed by atoms with van der Waals surface area (Å²) >= 11 is 0. The van der Waals surface area contributed by atoms with E-state index in [-0.39, 0.29) is 5.91 Å². The number of carbonyl (C=O) groups is 1. The van der Waals surface area contributed by atoms with Crippen molar-refractivity contribution >= 4 is 11.7 Å². The van der Waals surface area contributed by atoms with E-state index in [0.717, 1.165) is 30.8 Å². The number of rotatable bonds is 4. The van der Waals surface area contributed by atoms with Crippen LogP contribution >= 0.6 is 0 Å². The number of aromatic nitrogens is 1. The van der Waals surface area contributed by atoms with Crippen LogP contribution in [0.15, 0.2) is 12.1 Å². The zero-order chi connectivity index (χ0) is 13.0. The fourth-order valence-corrected chi connectivity index (χ4v) is 2.37. The third-order valence-corrected chi connectivity index (χ3v) is 3.45. The predicted octanol–water partition coefficient (Wildman–Crippen LogP) is 2.36. The summed E-state index contributed by atoms with van der Waals surface area (Å²) in [7, 11) is 1.82. The van der Waals surface area contributed by atoms with E-state index in [1.54, 1.807) is 0 Å². The van der Waals surface area contributed by atoms with Gasteiger partial charge in [-0.3, -0.25) is 4.79 Å². The van der Waals surface area contributed by atoms with Crippen LogP contribution in [0.3, 0.4) is 0 Å². The summed E-state index contributed by atoms with van der Waals surface area (Å²) in [6.45, 7) is 2.04. The van der Waals surface area contributed by atoms with Gasteiger partial charge in [-0.05, 0) is 31.4 Å². The van der Waals surface area contributed by atoms with Crippen LogP contribution in [0.25, 0.3) is 0 Å². The molecule has 0 spiro atoms. The van der Waals surface area contributed by atoms with Crippen LogP contribution < -0.4 is 10.6 Å². The highest BCUT2D eigenvalue weighted by molar-refractivity contribution is 5.95. The van der Waals surface area contributed by atoms with E-state index in [1.165, 1.54) is 12.8 Å². The molecule has 1 aromatic rings. The van der Waals surface area contributed by atoms with Crippen LogP contribution in [0.1, 0.15) is 48.7 Å². The van der Waals surface area contributed by atoms with E-state index >= 15 is 0 Å². The molecular formula is C14H21N3O.